The van der Waals surface area contributed by atoms with Crippen LogP contribution < -0.4 is 5.32 Å². The highest BCUT2D eigenvalue weighted by Crippen LogP contribution is 2.50. The third-order valence-electron chi connectivity index (χ3n) is 3.92. The predicted octanol–water partition coefficient (Wildman–Crippen LogP) is 6.03. The number of benzene rings is 1. The van der Waals surface area contributed by atoms with Gasteiger partial charge >= 0.3 is 0 Å². The van der Waals surface area contributed by atoms with Crippen LogP contribution in [0, 0.1) is 11.8 Å². The van der Waals surface area contributed by atoms with E-state index in [1.807, 2.05) is 25.1 Å². The van der Waals surface area contributed by atoms with Crippen molar-refractivity contribution in [2.24, 2.45) is 11.8 Å². The van der Waals surface area contributed by atoms with Crippen LogP contribution in [0.25, 0.3) is 0 Å². The van der Waals surface area contributed by atoms with Crippen molar-refractivity contribution in [3.63, 3.8) is 0 Å². The van der Waals surface area contributed by atoms with Crippen LogP contribution in [-0.2, 0) is 4.79 Å². The summed E-state index contributed by atoms with van der Waals surface area (Å²) in [6.07, 6.45) is 6.82. The molecule has 1 fully saturated rings. The van der Waals surface area contributed by atoms with E-state index in [0.29, 0.717) is 39.4 Å². The summed E-state index contributed by atoms with van der Waals surface area (Å²) in [5.41, 5.74) is 2.05. The van der Waals surface area contributed by atoms with Gasteiger partial charge in [0.25, 0.3) is 0 Å². The normalized spacial score (nSPS) is 20.7. The molecule has 2 nitrogen and oxygen atoms in total. The predicted molar refractivity (Wildman–Crippen MR) is 103 cm³/mol. The summed E-state index contributed by atoms with van der Waals surface area (Å²) in [6, 6.07) is 3.77. The van der Waals surface area contributed by atoms with Gasteiger partial charge < -0.3 is 5.32 Å². The first kappa shape index (κ1) is 19.4. The lowest BCUT2D eigenvalue weighted by Crippen LogP contribution is -2.25. The topological polar surface area (TPSA) is 29.1 Å². The maximum absolute atomic E-state index is 11.7. The zero-order valence-corrected chi connectivity index (χ0v) is 16.3. The lowest BCUT2D eigenvalue weighted by atomic mass is 10.1. The summed E-state index contributed by atoms with van der Waals surface area (Å²) >= 11 is 18.2. The van der Waals surface area contributed by atoms with E-state index in [1.54, 1.807) is 6.08 Å². The molecule has 0 heterocycles. The third-order valence-corrected chi connectivity index (χ3v) is 5.12. The summed E-state index contributed by atoms with van der Waals surface area (Å²) in [4.78, 5) is 11.7. The Morgan fingerprint density at radius 3 is 2.50 bits per heavy atom. The Morgan fingerprint density at radius 2 is 1.92 bits per heavy atom. The van der Waals surface area contributed by atoms with Crippen LogP contribution in [-0.4, -0.2) is 12.5 Å². The molecule has 2 atom stereocenters. The van der Waals surface area contributed by atoms with Gasteiger partial charge in [-0.15, -0.1) is 0 Å². The second-order valence-corrected chi connectivity index (χ2v) is 7.88. The minimum absolute atomic E-state index is 0.0468. The molecule has 0 bridgehead atoms. The summed E-state index contributed by atoms with van der Waals surface area (Å²) in [6.45, 7) is 6.76. The maximum Gasteiger partial charge on any atom is 0.244 e. The summed E-state index contributed by atoms with van der Waals surface area (Å²) in [5.74, 6) is 1.26. The number of carbonyl (C=O) groups excluding carboxylic acids is 1. The first-order valence-electron chi connectivity index (χ1n) is 8.06. The van der Waals surface area contributed by atoms with Crippen LogP contribution in [0.3, 0.4) is 0 Å². The highest BCUT2D eigenvalue weighted by molar-refractivity contribution is 6.48. The number of hydrogen-bond acceptors (Lipinski definition) is 1. The van der Waals surface area contributed by atoms with Gasteiger partial charge in [-0.2, -0.15) is 0 Å². The highest BCUT2D eigenvalue weighted by Gasteiger charge is 2.36. The SMILES string of the molecule is CC(/C=C/C1CC1c1cc(Cl)c(Cl)c(Cl)c1)=C\C(=O)NCC(C)C. The van der Waals surface area contributed by atoms with Crippen molar-refractivity contribution in [1.29, 1.82) is 0 Å². The number of allylic oxidation sites excluding steroid dienone is 3. The van der Waals surface area contributed by atoms with Gasteiger partial charge in [-0.1, -0.05) is 60.8 Å². The van der Waals surface area contributed by atoms with E-state index in [-0.39, 0.29) is 5.91 Å². The fraction of sp³-hybridized carbons (Fsp3) is 0.421. The van der Waals surface area contributed by atoms with Crippen LogP contribution in [0.15, 0.2) is 35.9 Å². The standard InChI is InChI=1S/C19H22Cl3NO/c1-11(2)10-23-18(24)6-12(3)4-5-13-7-15(13)14-8-16(20)19(22)17(21)9-14/h4-6,8-9,11,13,15H,7,10H2,1-3H3,(H,23,24)/b5-4+,12-6+. The van der Waals surface area contributed by atoms with Crippen LogP contribution >= 0.6 is 34.8 Å². The zero-order chi connectivity index (χ0) is 17.9. The second kappa shape index (κ2) is 8.42. The number of hydrogen-bond donors (Lipinski definition) is 1. The van der Waals surface area contributed by atoms with Gasteiger partial charge in [-0.3, -0.25) is 4.79 Å². The van der Waals surface area contributed by atoms with Gasteiger partial charge in [-0.05, 0) is 54.4 Å². The minimum Gasteiger partial charge on any atom is -0.352 e. The molecule has 1 aromatic rings. The van der Waals surface area contributed by atoms with Crippen LogP contribution in [0.1, 0.15) is 38.7 Å². The molecule has 5 heteroatoms. The first-order chi connectivity index (χ1) is 11.3. The largest absolute Gasteiger partial charge is 0.352 e. The third kappa shape index (κ3) is 5.54. The number of carbonyl (C=O) groups is 1. The highest BCUT2D eigenvalue weighted by atomic mass is 35.5. The van der Waals surface area contributed by atoms with Crippen LogP contribution in [0.4, 0.5) is 0 Å². The molecule has 24 heavy (non-hydrogen) atoms. The van der Waals surface area contributed by atoms with E-state index >= 15 is 0 Å². The smallest absolute Gasteiger partial charge is 0.244 e. The van der Waals surface area contributed by atoms with Gasteiger partial charge in [0.1, 0.15) is 0 Å². The van der Waals surface area contributed by atoms with Crippen molar-refractivity contribution in [3.05, 3.63) is 56.6 Å². The fourth-order valence-corrected chi connectivity index (χ4v) is 3.10. The van der Waals surface area contributed by atoms with Crippen molar-refractivity contribution < 1.29 is 4.79 Å². The second-order valence-electron chi connectivity index (χ2n) is 6.69. The average molecular weight is 387 g/mol. The number of amides is 1. The van der Waals surface area contributed by atoms with E-state index < -0.39 is 0 Å². The van der Waals surface area contributed by atoms with E-state index in [9.17, 15) is 4.79 Å². The van der Waals surface area contributed by atoms with E-state index in [2.05, 4.69) is 25.2 Å². The molecule has 1 amide bonds. The Labute approximate surface area is 158 Å². The summed E-state index contributed by atoms with van der Waals surface area (Å²) < 4.78 is 0. The molecule has 2 rings (SSSR count). The van der Waals surface area contributed by atoms with Gasteiger partial charge in [0.15, 0.2) is 0 Å². The van der Waals surface area contributed by atoms with Crippen molar-refractivity contribution in [3.8, 4) is 0 Å². The molecule has 0 aromatic heterocycles. The monoisotopic (exact) mass is 385 g/mol. The Bertz CT molecular complexity index is 656. The van der Waals surface area contributed by atoms with Crippen LogP contribution in [0.2, 0.25) is 15.1 Å². The molecule has 0 radical (unpaired) electrons. The fourth-order valence-electron chi connectivity index (χ4n) is 2.49. The van der Waals surface area contributed by atoms with E-state index in [1.165, 1.54) is 0 Å². The van der Waals surface area contributed by atoms with Gasteiger partial charge in [0.2, 0.25) is 5.91 Å². The van der Waals surface area contributed by atoms with E-state index in [4.69, 9.17) is 34.8 Å². The Kier molecular flexibility index (Phi) is 6.79. The van der Waals surface area contributed by atoms with Crippen molar-refractivity contribution in [2.75, 3.05) is 6.54 Å². The summed E-state index contributed by atoms with van der Waals surface area (Å²) in [5, 5.41) is 4.27. The van der Waals surface area contributed by atoms with Crippen molar-refractivity contribution in [2.45, 2.75) is 33.1 Å². The molecular formula is C19H22Cl3NO. The molecule has 0 saturated heterocycles. The van der Waals surface area contributed by atoms with Gasteiger partial charge in [0.05, 0.1) is 15.1 Å². The molecule has 1 aliphatic carbocycles. The Morgan fingerprint density at radius 1 is 1.29 bits per heavy atom. The molecule has 1 N–H and O–H groups in total. The molecule has 130 valence electrons. The number of rotatable bonds is 6. The van der Waals surface area contributed by atoms with Crippen LogP contribution in [0.5, 0.6) is 0 Å². The van der Waals surface area contributed by atoms with Crippen molar-refractivity contribution >= 4 is 40.7 Å². The maximum atomic E-state index is 11.7. The zero-order valence-electron chi connectivity index (χ0n) is 14.1. The number of nitrogens with one attached hydrogen (secondary N) is 1. The molecule has 1 saturated carbocycles. The Balaban J connectivity index is 1.92. The van der Waals surface area contributed by atoms with Crippen molar-refractivity contribution in [1.82, 2.24) is 5.32 Å². The quantitative estimate of drug-likeness (QED) is 0.361. The van der Waals surface area contributed by atoms with Gasteiger partial charge in [-0.25, -0.2) is 0 Å². The minimum atomic E-state index is -0.0468. The first-order valence-corrected chi connectivity index (χ1v) is 9.20. The van der Waals surface area contributed by atoms with E-state index in [0.717, 1.165) is 17.6 Å². The molecular weight excluding hydrogens is 365 g/mol. The molecule has 2 unspecified atom stereocenters. The Hall–Kier alpha value is -0.960. The lowest BCUT2D eigenvalue weighted by Gasteiger charge is -2.05. The average Bonchev–Trinajstić information content (AvgIpc) is 3.28. The molecule has 0 aliphatic heterocycles. The summed E-state index contributed by atoms with van der Waals surface area (Å²) in [7, 11) is 0. The molecule has 0 spiro atoms. The number of halogens is 3. The molecule has 1 aliphatic rings. The lowest BCUT2D eigenvalue weighted by molar-refractivity contribution is -0.116. The van der Waals surface area contributed by atoms with Gasteiger partial charge in [0, 0.05) is 12.6 Å². The molecule has 1 aromatic carbocycles.